The second-order valence-electron chi connectivity index (χ2n) is 8.65. The molecule has 2 aliphatic heterocycles. The molecule has 9 nitrogen and oxygen atoms in total. The van der Waals surface area contributed by atoms with Crippen LogP contribution in [0.3, 0.4) is 0 Å². The number of sulfonamides is 1. The molecule has 0 atom stereocenters. The monoisotopic (exact) mass is 588 g/mol. The van der Waals surface area contributed by atoms with Crippen LogP contribution in [0.4, 0.5) is 11.6 Å². The van der Waals surface area contributed by atoms with Gasteiger partial charge in [0.05, 0.1) is 41.0 Å². The van der Waals surface area contributed by atoms with Gasteiger partial charge >= 0.3 is 0 Å². The number of nitrogens with zero attached hydrogens (tertiary/aromatic N) is 3. The lowest BCUT2D eigenvalue weighted by atomic mass is 10.1. The Morgan fingerprint density at radius 3 is 2.50 bits per heavy atom. The Balaban J connectivity index is 1.23. The molecule has 186 valence electrons. The van der Waals surface area contributed by atoms with Gasteiger partial charge in [0.1, 0.15) is 10.8 Å². The summed E-state index contributed by atoms with van der Waals surface area (Å²) in [6.07, 6.45) is 0. The van der Waals surface area contributed by atoms with Crippen LogP contribution in [0.1, 0.15) is 5.56 Å². The second kappa shape index (κ2) is 9.51. The Kier molecular flexibility index (Phi) is 6.20. The number of nitrogens with one attached hydrogen (secondary N) is 2. The summed E-state index contributed by atoms with van der Waals surface area (Å²) in [5, 5.41) is 0. The lowest BCUT2D eigenvalue weighted by Gasteiger charge is -2.33. The first kappa shape index (κ1) is 23.5. The predicted molar refractivity (Wildman–Crippen MR) is 142 cm³/mol. The van der Waals surface area contributed by atoms with Crippen LogP contribution < -0.4 is 24.0 Å². The minimum atomic E-state index is -3.80. The molecule has 2 aromatic heterocycles. The zero-order valence-corrected chi connectivity index (χ0v) is 22.3. The molecule has 1 saturated heterocycles. The Bertz CT molecular complexity index is 1540. The fourth-order valence-corrected chi connectivity index (χ4v) is 7.46. The summed E-state index contributed by atoms with van der Waals surface area (Å²) in [5.74, 6) is 2.39. The third kappa shape index (κ3) is 4.73. The number of para-hydroxylation sites is 2. The number of quaternary nitrogens is 1. The van der Waals surface area contributed by atoms with Crippen molar-refractivity contribution in [2.24, 2.45) is 0 Å². The fraction of sp³-hybridized carbons (Fsp3) is 0.250. The van der Waals surface area contributed by atoms with Crippen LogP contribution in [0.2, 0.25) is 0 Å². The molecule has 0 aliphatic carbocycles. The first-order valence-electron chi connectivity index (χ1n) is 11.5. The number of fused-ring (bicyclic) bond motifs is 2. The number of thiophene rings is 1. The summed E-state index contributed by atoms with van der Waals surface area (Å²) < 4.78 is 40.8. The van der Waals surface area contributed by atoms with Gasteiger partial charge in [0.25, 0.3) is 10.0 Å². The molecule has 0 saturated carbocycles. The van der Waals surface area contributed by atoms with E-state index >= 15 is 0 Å². The third-order valence-corrected chi connectivity index (χ3v) is 9.71. The molecule has 36 heavy (non-hydrogen) atoms. The van der Waals surface area contributed by atoms with Crippen molar-refractivity contribution in [2.75, 3.05) is 42.6 Å². The predicted octanol–water partition coefficient (Wildman–Crippen LogP) is 2.89. The molecule has 2 aromatic carbocycles. The van der Waals surface area contributed by atoms with Crippen LogP contribution in [0.15, 0.2) is 62.6 Å². The smallest absolute Gasteiger partial charge is 0.272 e. The first-order chi connectivity index (χ1) is 17.4. The molecule has 0 amide bonds. The molecule has 2 aliphatic rings. The van der Waals surface area contributed by atoms with Crippen molar-refractivity contribution >= 4 is 60.0 Å². The molecular weight excluding hydrogens is 566 g/mol. The summed E-state index contributed by atoms with van der Waals surface area (Å²) in [5.41, 5.74) is 2.56. The van der Waals surface area contributed by atoms with Gasteiger partial charge < -0.3 is 19.3 Å². The molecule has 4 aromatic rings. The van der Waals surface area contributed by atoms with Crippen molar-refractivity contribution in [3.63, 3.8) is 0 Å². The van der Waals surface area contributed by atoms with Crippen LogP contribution in [-0.2, 0) is 16.6 Å². The minimum Gasteiger partial charge on any atom is -0.454 e. The summed E-state index contributed by atoms with van der Waals surface area (Å²) in [6.45, 7) is 4.37. The van der Waals surface area contributed by atoms with Gasteiger partial charge in [-0.05, 0) is 58.4 Å². The van der Waals surface area contributed by atoms with E-state index in [4.69, 9.17) is 14.5 Å². The highest BCUT2D eigenvalue weighted by molar-refractivity contribution is 9.11. The summed E-state index contributed by atoms with van der Waals surface area (Å²) in [7, 11) is -3.80. The Morgan fingerprint density at radius 2 is 1.75 bits per heavy atom. The molecule has 1 fully saturated rings. The molecule has 0 bridgehead atoms. The van der Waals surface area contributed by atoms with Gasteiger partial charge in [-0.25, -0.2) is 18.4 Å². The van der Waals surface area contributed by atoms with Crippen LogP contribution in [-0.4, -0.2) is 51.4 Å². The van der Waals surface area contributed by atoms with Crippen LogP contribution in [0.25, 0.3) is 11.0 Å². The average molecular weight is 590 g/mol. The van der Waals surface area contributed by atoms with Crippen molar-refractivity contribution < 1.29 is 22.8 Å². The molecule has 6 rings (SSSR count). The summed E-state index contributed by atoms with van der Waals surface area (Å²) in [6, 6.07) is 16.9. The maximum Gasteiger partial charge on any atom is 0.272 e. The van der Waals surface area contributed by atoms with Crippen molar-refractivity contribution in [2.45, 2.75) is 10.8 Å². The van der Waals surface area contributed by atoms with Gasteiger partial charge in [-0.15, -0.1) is 11.3 Å². The number of piperazine rings is 1. The van der Waals surface area contributed by atoms with Crippen LogP contribution >= 0.6 is 27.3 Å². The molecule has 2 N–H and O–H groups in total. The number of anilines is 2. The van der Waals surface area contributed by atoms with Gasteiger partial charge in [-0.1, -0.05) is 12.1 Å². The highest BCUT2D eigenvalue weighted by atomic mass is 79.9. The minimum absolute atomic E-state index is 0.216. The molecule has 0 radical (unpaired) electrons. The number of ether oxygens (including phenoxy) is 2. The Labute approximate surface area is 220 Å². The number of halogens is 1. The Hall–Kier alpha value is -2.93. The zero-order valence-electron chi connectivity index (χ0n) is 19.1. The van der Waals surface area contributed by atoms with E-state index in [0.717, 1.165) is 64.9 Å². The zero-order chi connectivity index (χ0) is 24.7. The van der Waals surface area contributed by atoms with E-state index < -0.39 is 10.0 Å². The van der Waals surface area contributed by atoms with E-state index in [9.17, 15) is 8.42 Å². The summed E-state index contributed by atoms with van der Waals surface area (Å²) >= 11 is 4.49. The van der Waals surface area contributed by atoms with E-state index in [0.29, 0.717) is 11.3 Å². The molecule has 4 heterocycles. The van der Waals surface area contributed by atoms with E-state index in [-0.39, 0.29) is 16.8 Å². The third-order valence-electron chi connectivity index (χ3n) is 6.26. The maximum atomic E-state index is 13.1. The van der Waals surface area contributed by atoms with Gasteiger partial charge in [0.15, 0.2) is 23.1 Å². The number of rotatable bonds is 6. The van der Waals surface area contributed by atoms with Gasteiger partial charge in [-0.3, -0.25) is 4.72 Å². The highest BCUT2D eigenvalue weighted by Crippen LogP contribution is 2.33. The van der Waals surface area contributed by atoms with E-state index in [1.807, 2.05) is 36.4 Å². The van der Waals surface area contributed by atoms with Gasteiger partial charge in [-0.2, -0.15) is 0 Å². The van der Waals surface area contributed by atoms with Crippen molar-refractivity contribution in [3.8, 4) is 11.5 Å². The van der Waals surface area contributed by atoms with Crippen molar-refractivity contribution in [1.29, 1.82) is 0 Å². The maximum absolute atomic E-state index is 13.1. The Morgan fingerprint density at radius 1 is 1.00 bits per heavy atom. The van der Waals surface area contributed by atoms with Gasteiger partial charge in [0, 0.05) is 5.56 Å². The molecule has 12 heteroatoms. The fourth-order valence-electron chi connectivity index (χ4n) is 4.45. The topological polar surface area (TPSA) is 98.1 Å². The van der Waals surface area contributed by atoms with E-state index in [1.165, 1.54) is 10.5 Å². The number of benzene rings is 2. The number of hydrogen-bond donors (Lipinski definition) is 2. The number of aromatic nitrogens is 2. The molecule has 0 unspecified atom stereocenters. The standard InChI is InChI=1S/C24H22BrN5O4S2/c25-21-7-8-22(35-21)36(31,32)28-23-24(27-18-4-2-1-3-17(18)26-23)30-11-9-29(10-12-30)14-16-5-6-19-20(13-16)34-15-33-19/h1-8,13H,9-12,14-15H2,(H,26,28)/p+1. The SMILES string of the molecule is O=S(=O)(Nc1nc2ccccc2nc1N1CC[NH+](Cc2ccc3c(c2)OCO3)CC1)c1ccc(Br)s1. The first-order valence-corrected chi connectivity index (χ1v) is 14.6. The van der Waals surface area contributed by atoms with Crippen molar-refractivity contribution in [3.05, 3.63) is 63.9 Å². The number of hydrogen-bond acceptors (Lipinski definition) is 8. The van der Waals surface area contributed by atoms with Crippen LogP contribution in [0, 0.1) is 0 Å². The lowest BCUT2D eigenvalue weighted by molar-refractivity contribution is -0.914. The second-order valence-corrected chi connectivity index (χ2v) is 13.0. The highest BCUT2D eigenvalue weighted by Gasteiger charge is 2.27. The normalized spacial score (nSPS) is 16.0. The lowest BCUT2D eigenvalue weighted by Crippen LogP contribution is -3.13. The average Bonchev–Trinajstić information content (AvgIpc) is 3.53. The molecular formula is C24H23BrN5O4S2+. The van der Waals surface area contributed by atoms with E-state index in [1.54, 1.807) is 12.1 Å². The summed E-state index contributed by atoms with van der Waals surface area (Å²) in [4.78, 5) is 13.0. The van der Waals surface area contributed by atoms with E-state index in [2.05, 4.69) is 36.6 Å². The van der Waals surface area contributed by atoms with Crippen LogP contribution in [0.5, 0.6) is 11.5 Å². The van der Waals surface area contributed by atoms with Gasteiger partial charge in [0.2, 0.25) is 6.79 Å². The largest absolute Gasteiger partial charge is 0.454 e. The van der Waals surface area contributed by atoms with Crippen molar-refractivity contribution in [1.82, 2.24) is 9.97 Å². The molecule has 0 spiro atoms. The quantitative estimate of drug-likeness (QED) is 0.357.